The Balaban J connectivity index is 1.88. The number of nitro groups is 1. The summed E-state index contributed by atoms with van der Waals surface area (Å²) in [5.41, 5.74) is 3.30. The lowest BCUT2D eigenvalue weighted by Gasteiger charge is -2.13. The summed E-state index contributed by atoms with van der Waals surface area (Å²) in [6, 6.07) is 16.3. The van der Waals surface area contributed by atoms with Gasteiger partial charge in [0.05, 0.1) is 9.95 Å². The van der Waals surface area contributed by atoms with Crippen molar-refractivity contribution in [2.24, 2.45) is 0 Å². The lowest BCUT2D eigenvalue weighted by molar-refractivity contribution is -0.384. The van der Waals surface area contributed by atoms with Crippen LogP contribution in [0, 0.1) is 35.3 Å². The van der Waals surface area contributed by atoms with Crippen LogP contribution in [0.1, 0.15) is 22.3 Å². The fourth-order valence-electron chi connectivity index (χ4n) is 3.09. The number of benzene rings is 3. The van der Waals surface area contributed by atoms with Crippen LogP contribution in [0.5, 0.6) is 5.75 Å². The molecule has 1 amide bonds. The second-order valence-corrected chi connectivity index (χ2v) is 8.23. The van der Waals surface area contributed by atoms with Gasteiger partial charge in [0.2, 0.25) is 0 Å². The Morgan fingerprint density at radius 1 is 1.18 bits per heavy atom. The number of carbonyl (C=O) groups excluding carboxylic acids is 1. The molecule has 0 saturated carbocycles. The molecular formula is C25H19Cl2N3O4. The summed E-state index contributed by atoms with van der Waals surface area (Å²) in [7, 11) is 0. The molecule has 0 heterocycles. The van der Waals surface area contributed by atoms with Gasteiger partial charge in [-0.25, -0.2) is 0 Å². The quantitative estimate of drug-likeness (QED) is 0.171. The van der Waals surface area contributed by atoms with Crippen LogP contribution in [0.3, 0.4) is 0 Å². The minimum Gasteiger partial charge on any atom is -0.487 e. The molecule has 0 atom stereocenters. The number of ether oxygens (including phenoxy) is 1. The molecule has 7 nitrogen and oxygen atoms in total. The number of halogens is 2. The molecule has 1 N–H and O–H groups in total. The Morgan fingerprint density at radius 2 is 1.88 bits per heavy atom. The average Bonchev–Trinajstić information content (AvgIpc) is 2.80. The molecule has 3 aromatic rings. The number of anilines is 1. The van der Waals surface area contributed by atoms with Crippen molar-refractivity contribution in [3.63, 3.8) is 0 Å². The topological polar surface area (TPSA) is 105 Å². The maximum atomic E-state index is 12.8. The SMILES string of the molecule is Cc1cccc(NC(=O)/C(C#N)=C/c2cc(Cl)cc(Cl)c2OCc2ccc([N+](=O)[O-])cc2)c1C. The first-order chi connectivity index (χ1) is 16.2. The van der Waals surface area contributed by atoms with Crippen LogP contribution in [0.15, 0.2) is 60.2 Å². The zero-order valence-corrected chi connectivity index (χ0v) is 19.8. The standard InChI is InChI=1S/C25H19Cl2N3O4/c1-15-4-3-5-23(16(15)2)29-25(31)19(13-28)10-18-11-20(26)12-22(27)24(18)34-14-17-6-8-21(9-7-17)30(32)33/h3-12H,14H2,1-2H3,(H,29,31)/b19-10+. The third-order valence-corrected chi connectivity index (χ3v) is 5.58. The predicted molar refractivity (Wildman–Crippen MR) is 132 cm³/mol. The van der Waals surface area contributed by atoms with Gasteiger partial charge in [0.25, 0.3) is 11.6 Å². The number of hydrogen-bond acceptors (Lipinski definition) is 5. The van der Waals surface area contributed by atoms with E-state index < -0.39 is 10.8 Å². The van der Waals surface area contributed by atoms with Gasteiger partial charge < -0.3 is 10.1 Å². The summed E-state index contributed by atoms with van der Waals surface area (Å²) in [4.78, 5) is 23.1. The molecule has 3 aromatic carbocycles. The highest BCUT2D eigenvalue weighted by molar-refractivity contribution is 6.36. The van der Waals surface area contributed by atoms with E-state index in [-0.39, 0.29) is 28.6 Å². The first-order valence-electron chi connectivity index (χ1n) is 10.0. The highest BCUT2D eigenvalue weighted by atomic mass is 35.5. The maximum absolute atomic E-state index is 12.8. The fraction of sp³-hybridized carbons (Fsp3) is 0.120. The molecule has 34 heavy (non-hydrogen) atoms. The highest BCUT2D eigenvalue weighted by Gasteiger charge is 2.16. The largest absolute Gasteiger partial charge is 0.487 e. The molecular weight excluding hydrogens is 477 g/mol. The van der Waals surface area contributed by atoms with Crippen molar-refractivity contribution in [3.05, 3.63) is 103 Å². The summed E-state index contributed by atoms with van der Waals surface area (Å²) < 4.78 is 5.84. The van der Waals surface area contributed by atoms with E-state index in [0.29, 0.717) is 21.8 Å². The lowest BCUT2D eigenvalue weighted by Crippen LogP contribution is -2.14. The first kappa shape index (κ1) is 24.8. The van der Waals surface area contributed by atoms with Gasteiger partial charge in [-0.05, 0) is 66.9 Å². The van der Waals surface area contributed by atoms with E-state index in [1.165, 1.54) is 30.3 Å². The van der Waals surface area contributed by atoms with E-state index in [2.05, 4.69) is 5.32 Å². The number of nitro benzene ring substituents is 1. The summed E-state index contributed by atoms with van der Waals surface area (Å²) in [6.07, 6.45) is 1.35. The molecule has 0 aromatic heterocycles. The van der Waals surface area contributed by atoms with Gasteiger partial charge in [-0.15, -0.1) is 0 Å². The van der Waals surface area contributed by atoms with E-state index in [1.807, 2.05) is 32.0 Å². The Kier molecular flexibility index (Phi) is 7.90. The summed E-state index contributed by atoms with van der Waals surface area (Å²) in [6.45, 7) is 3.85. The van der Waals surface area contributed by atoms with Gasteiger partial charge in [-0.2, -0.15) is 5.26 Å². The van der Waals surface area contributed by atoms with Gasteiger partial charge >= 0.3 is 0 Å². The van der Waals surface area contributed by atoms with Crippen molar-refractivity contribution in [1.82, 2.24) is 0 Å². The zero-order chi connectivity index (χ0) is 24.8. The van der Waals surface area contributed by atoms with Crippen molar-refractivity contribution in [2.75, 3.05) is 5.32 Å². The highest BCUT2D eigenvalue weighted by Crippen LogP contribution is 2.35. The molecule has 3 rings (SSSR count). The third kappa shape index (κ3) is 5.93. The molecule has 0 saturated heterocycles. The van der Waals surface area contributed by atoms with Gasteiger partial charge in [0, 0.05) is 28.4 Å². The molecule has 0 aliphatic rings. The van der Waals surface area contributed by atoms with E-state index in [1.54, 1.807) is 18.2 Å². The lowest BCUT2D eigenvalue weighted by atomic mass is 10.1. The van der Waals surface area contributed by atoms with E-state index in [0.717, 1.165) is 11.1 Å². The predicted octanol–water partition coefficient (Wildman–Crippen LogP) is 6.64. The minimum absolute atomic E-state index is 0.0366. The summed E-state index contributed by atoms with van der Waals surface area (Å²) >= 11 is 12.5. The second-order valence-electron chi connectivity index (χ2n) is 7.39. The van der Waals surface area contributed by atoms with Crippen molar-refractivity contribution in [3.8, 4) is 11.8 Å². The number of non-ortho nitro benzene ring substituents is 1. The number of nitrogens with zero attached hydrogens (tertiary/aromatic N) is 2. The Bertz CT molecular complexity index is 1330. The maximum Gasteiger partial charge on any atom is 0.269 e. The number of amides is 1. The summed E-state index contributed by atoms with van der Waals surface area (Å²) in [5, 5.41) is 23.7. The van der Waals surface area contributed by atoms with Crippen molar-refractivity contribution >= 4 is 46.6 Å². The summed E-state index contributed by atoms with van der Waals surface area (Å²) in [5.74, 6) is -0.370. The van der Waals surface area contributed by atoms with Crippen LogP contribution in [-0.4, -0.2) is 10.8 Å². The smallest absolute Gasteiger partial charge is 0.269 e. The third-order valence-electron chi connectivity index (χ3n) is 5.09. The van der Waals surface area contributed by atoms with Crippen molar-refractivity contribution < 1.29 is 14.5 Å². The molecule has 0 aliphatic heterocycles. The molecule has 172 valence electrons. The molecule has 0 bridgehead atoms. The molecule has 9 heteroatoms. The number of hydrogen-bond donors (Lipinski definition) is 1. The van der Waals surface area contributed by atoms with Gasteiger partial charge in [-0.1, -0.05) is 35.3 Å². The van der Waals surface area contributed by atoms with Crippen molar-refractivity contribution in [1.29, 1.82) is 5.26 Å². The van der Waals surface area contributed by atoms with Crippen molar-refractivity contribution in [2.45, 2.75) is 20.5 Å². The van der Waals surface area contributed by atoms with Gasteiger partial charge in [0.1, 0.15) is 24.0 Å². The minimum atomic E-state index is -0.589. The Labute approximate surface area is 206 Å². The van der Waals surface area contributed by atoms with Crippen LogP contribution in [0.25, 0.3) is 6.08 Å². The second kappa shape index (κ2) is 10.8. The number of nitriles is 1. The van der Waals surface area contributed by atoms with Gasteiger partial charge in [0.15, 0.2) is 0 Å². The number of aryl methyl sites for hydroxylation is 1. The fourth-order valence-corrected chi connectivity index (χ4v) is 3.65. The molecule has 0 radical (unpaired) electrons. The first-order valence-corrected chi connectivity index (χ1v) is 10.8. The van der Waals surface area contributed by atoms with Crippen LogP contribution >= 0.6 is 23.2 Å². The number of nitrogens with one attached hydrogen (secondary N) is 1. The van der Waals surface area contributed by atoms with Crippen LogP contribution in [-0.2, 0) is 11.4 Å². The molecule has 0 fully saturated rings. The van der Waals surface area contributed by atoms with Crippen LogP contribution in [0.2, 0.25) is 10.0 Å². The average molecular weight is 496 g/mol. The normalized spacial score (nSPS) is 11.0. The Morgan fingerprint density at radius 3 is 2.53 bits per heavy atom. The van der Waals surface area contributed by atoms with Crippen LogP contribution in [0.4, 0.5) is 11.4 Å². The zero-order valence-electron chi connectivity index (χ0n) is 18.3. The van der Waals surface area contributed by atoms with E-state index in [9.17, 15) is 20.2 Å². The Hall–Kier alpha value is -3.86. The molecule has 0 unspecified atom stereocenters. The van der Waals surface area contributed by atoms with Gasteiger partial charge in [-0.3, -0.25) is 14.9 Å². The monoisotopic (exact) mass is 495 g/mol. The number of rotatable bonds is 7. The molecule has 0 aliphatic carbocycles. The molecule has 0 spiro atoms. The van der Waals surface area contributed by atoms with Crippen LogP contribution < -0.4 is 10.1 Å². The van der Waals surface area contributed by atoms with E-state index >= 15 is 0 Å². The number of carbonyl (C=O) groups is 1. The van der Waals surface area contributed by atoms with E-state index in [4.69, 9.17) is 27.9 Å².